The lowest BCUT2D eigenvalue weighted by Gasteiger charge is -2.40. The normalized spacial score (nSPS) is 27.0. The summed E-state index contributed by atoms with van der Waals surface area (Å²) in [7, 11) is 4.06. The molecule has 3 aliphatic rings. The van der Waals surface area contributed by atoms with E-state index in [1.807, 2.05) is 42.4 Å². The Morgan fingerprint density at radius 2 is 1.93 bits per heavy atom. The number of rotatable bonds is 5. The number of amides is 1. The molecule has 2 aromatic rings. The van der Waals surface area contributed by atoms with Gasteiger partial charge in [-0.3, -0.25) is 9.80 Å². The number of carbonyl (C=O) groups is 1. The quantitative estimate of drug-likeness (QED) is 0.834. The Labute approximate surface area is 169 Å². The zero-order chi connectivity index (χ0) is 20.0. The molecule has 1 N–H and O–H groups in total. The molecule has 0 bridgehead atoms. The highest BCUT2D eigenvalue weighted by molar-refractivity contribution is 5.92. The number of nitrogens with one attached hydrogen (secondary N) is 1. The molecule has 0 radical (unpaired) electrons. The summed E-state index contributed by atoms with van der Waals surface area (Å²) in [6.07, 6.45) is 1.71. The summed E-state index contributed by atoms with van der Waals surface area (Å²) in [5, 5.41) is 13.6. The second-order valence-corrected chi connectivity index (χ2v) is 8.28. The van der Waals surface area contributed by atoms with Crippen LogP contribution >= 0.6 is 0 Å². The van der Waals surface area contributed by atoms with Crippen LogP contribution < -0.4 is 5.32 Å². The van der Waals surface area contributed by atoms with Crippen molar-refractivity contribution in [3.8, 4) is 11.3 Å². The summed E-state index contributed by atoms with van der Waals surface area (Å²) < 4.78 is 11.4. The molecule has 2 aliphatic heterocycles. The largest absolute Gasteiger partial charge is 0.454 e. The number of hydrazone groups is 1. The van der Waals surface area contributed by atoms with Crippen LogP contribution in [0.15, 0.2) is 46.0 Å². The third-order valence-corrected chi connectivity index (χ3v) is 6.00. The van der Waals surface area contributed by atoms with E-state index in [-0.39, 0.29) is 23.9 Å². The van der Waals surface area contributed by atoms with E-state index in [1.165, 1.54) is 0 Å². The van der Waals surface area contributed by atoms with Crippen LogP contribution in [0.5, 0.6) is 0 Å². The van der Waals surface area contributed by atoms with Gasteiger partial charge in [0.2, 0.25) is 11.7 Å². The number of hydrogen-bond acceptors (Lipinski definition) is 7. The average molecular weight is 395 g/mol. The van der Waals surface area contributed by atoms with Crippen LogP contribution in [-0.4, -0.2) is 66.3 Å². The van der Waals surface area contributed by atoms with Gasteiger partial charge in [-0.05, 0) is 19.9 Å². The first kappa shape index (κ1) is 18.2. The fourth-order valence-corrected chi connectivity index (χ4v) is 4.27. The Bertz CT molecular complexity index is 915. The predicted molar refractivity (Wildman–Crippen MR) is 107 cm³/mol. The maximum absolute atomic E-state index is 12.5. The minimum Gasteiger partial charge on any atom is -0.454 e. The van der Waals surface area contributed by atoms with Gasteiger partial charge in [0.05, 0.1) is 5.92 Å². The van der Waals surface area contributed by atoms with Gasteiger partial charge < -0.3 is 19.5 Å². The first-order valence-corrected chi connectivity index (χ1v) is 10.1. The molecule has 2 fully saturated rings. The Hall–Kier alpha value is -2.87. The van der Waals surface area contributed by atoms with E-state index in [1.54, 1.807) is 6.07 Å². The first-order chi connectivity index (χ1) is 14.1. The van der Waals surface area contributed by atoms with E-state index in [9.17, 15) is 4.79 Å². The lowest BCUT2D eigenvalue weighted by atomic mass is 9.78. The minimum absolute atomic E-state index is 0.0287. The molecule has 1 aliphatic carbocycles. The lowest BCUT2D eigenvalue weighted by Crippen LogP contribution is -2.51. The topological polar surface area (TPSA) is 83.2 Å². The second kappa shape index (κ2) is 7.18. The molecule has 1 atom stereocenters. The van der Waals surface area contributed by atoms with E-state index in [0.717, 1.165) is 37.4 Å². The minimum atomic E-state index is -0.224. The van der Waals surface area contributed by atoms with E-state index in [0.29, 0.717) is 17.5 Å². The van der Waals surface area contributed by atoms with Crippen molar-refractivity contribution in [2.24, 2.45) is 16.9 Å². The van der Waals surface area contributed by atoms with Gasteiger partial charge >= 0.3 is 0 Å². The van der Waals surface area contributed by atoms with Gasteiger partial charge in [0.1, 0.15) is 5.69 Å². The van der Waals surface area contributed by atoms with Crippen LogP contribution in [0.4, 0.5) is 0 Å². The van der Waals surface area contributed by atoms with Crippen LogP contribution in [0.3, 0.4) is 0 Å². The van der Waals surface area contributed by atoms with Crippen LogP contribution in [0.25, 0.3) is 11.3 Å². The average Bonchev–Trinajstić information content (AvgIpc) is 3.29. The molecule has 5 rings (SSSR count). The maximum atomic E-state index is 12.5. The van der Waals surface area contributed by atoms with E-state index in [4.69, 9.17) is 9.26 Å². The molecule has 1 aromatic heterocycles. The first-order valence-electron chi connectivity index (χ1n) is 10.1. The Morgan fingerprint density at radius 1 is 1.17 bits per heavy atom. The van der Waals surface area contributed by atoms with Crippen molar-refractivity contribution in [2.45, 2.75) is 25.1 Å². The monoisotopic (exact) mass is 395 g/mol. The van der Waals surface area contributed by atoms with Crippen molar-refractivity contribution in [3.05, 3.63) is 42.2 Å². The molecule has 8 heteroatoms. The van der Waals surface area contributed by atoms with Crippen molar-refractivity contribution in [2.75, 3.05) is 27.2 Å². The molecule has 0 spiro atoms. The molecule has 1 unspecified atom stereocenters. The molecule has 29 heavy (non-hydrogen) atoms. The summed E-state index contributed by atoms with van der Waals surface area (Å²) >= 11 is 0. The fourth-order valence-electron chi connectivity index (χ4n) is 4.27. The third-order valence-electron chi connectivity index (χ3n) is 6.00. The highest BCUT2D eigenvalue weighted by Gasteiger charge is 2.44. The number of likely N-dealkylation sites (tertiary alicyclic amines) is 1. The fraction of sp³-hybridized carbons (Fsp3) is 0.476. The number of carbonyl (C=O) groups excluding carboxylic acids is 1. The summed E-state index contributed by atoms with van der Waals surface area (Å²) in [4.78, 5) is 14.7. The summed E-state index contributed by atoms with van der Waals surface area (Å²) in [5.41, 5.74) is 1.59. The van der Waals surface area contributed by atoms with Gasteiger partial charge in [-0.15, -0.1) is 5.10 Å². The van der Waals surface area contributed by atoms with Gasteiger partial charge in [-0.25, -0.2) is 0 Å². The van der Waals surface area contributed by atoms with Crippen LogP contribution in [0, 0.1) is 11.8 Å². The molecular weight excluding hydrogens is 370 g/mol. The maximum Gasteiger partial charge on any atom is 0.290 e. The molecule has 8 nitrogen and oxygen atoms in total. The summed E-state index contributed by atoms with van der Waals surface area (Å²) in [6, 6.07) is 11.5. The third kappa shape index (κ3) is 3.48. The number of ether oxygens (including phenoxy) is 1. The smallest absolute Gasteiger partial charge is 0.290 e. The molecule has 1 aromatic carbocycles. The van der Waals surface area contributed by atoms with Crippen molar-refractivity contribution >= 4 is 11.8 Å². The molecular formula is C21H25N5O3. The number of hydrogen-bond donors (Lipinski definition) is 1. The SMILES string of the molecule is CN1CC(C2=NN(C)C([C@H]3C[C@H](NC(=O)c4cc(-c5ccccc5)no4)C3)O2)C1. The molecule has 3 heterocycles. The van der Waals surface area contributed by atoms with Gasteiger partial charge in [0, 0.05) is 43.7 Å². The molecule has 1 amide bonds. The number of nitrogens with zero attached hydrogens (tertiary/aromatic N) is 4. The second-order valence-electron chi connectivity index (χ2n) is 8.28. The highest BCUT2D eigenvalue weighted by Crippen LogP contribution is 2.36. The van der Waals surface area contributed by atoms with Gasteiger partial charge in [0.15, 0.2) is 6.23 Å². The Kier molecular flexibility index (Phi) is 4.50. The zero-order valence-corrected chi connectivity index (χ0v) is 16.6. The molecule has 1 saturated heterocycles. The van der Waals surface area contributed by atoms with Crippen LogP contribution in [0.1, 0.15) is 23.4 Å². The van der Waals surface area contributed by atoms with E-state index < -0.39 is 0 Å². The zero-order valence-electron chi connectivity index (χ0n) is 16.6. The van der Waals surface area contributed by atoms with Gasteiger partial charge in [0.25, 0.3) is 5.91 Å². The highest BCUT2D eigenvalue weighted by atomic mass is 16.5. The van der Waals surface area contributed by atoms with E-state index in [2.05, 4.69) is 27.5 Å². The van der Waals surface area contributed by atoms with Gasteiger partial charge in [-0.1, -0.05) is 35.5 Å². The van der Waals surface area contributed by atoms with Crippen LogP contribution in [-0.2, 0) is 4.74 Å². The van der Waals surface area contributed by atoms with Crippen molar-refractivity contribution in [1.82, 2.24) is 20.4 Å². The van der Waals surface area contributed by atoms with Gasteiger partial charge in [-0.2, -0.15) is 0 Å². The Balaban J connectivity index is 1.12. The van der Waals surface area contributed by atoms with Crippen molar-refractivity contribution in [1.29, 1.82) is 0 Å². The number of aromatic nitrogens is 1. The Morgan fingerprint density at radius 3 is 2.66 bits per heavy atom. The standard InChI is InChI=1S/C21H25N5O3/c1-25-11-15(12-25)20-23-26(2)21(28-20)14-8-16(9-14)22-19(27)18-10-17(24-29-18)13-6-4-3-5-7-13/h3-7,10,14-16,21H,8-9,11-12H2,1-2H3,(H,22,27)/t14-,16-,21?. The summed E-state index contributed by atoms with van der Waals surface area (Å²) in [5.74, 6) is 1.64. The van der Waals surface area contributed by atoms with Crippen molar-refractivity contribution in [3.63, 3.8) is 0 Å². The van der Waals surface area contributed by atoms with Crippen molar-refractivity contribution < 1.29 is 14.1 Å². The molecule has 1 saturated carbocycles. The predicted octanol–water partition coefficient (Wildman–Crippen LogP) is 2.01. The lowest BCUT2D eigenvalue weighted by molar-refractivity contribution is -0.0266. The number of benzene rings is 1. The van der Waals surface area contributed by atoms with Crippen LogP contribution in [0.2, 0.25) is 0 Å². The van der Waals surface area contributed by atoms with E-state index >= 15 is 0 Å². The molecule has 152 valence electrons. The summed E-state index contributed by atoms with van der Waals surface area (Å²) in [6.45, 7) is 2.01.